The van der Waals surface area contributed by atoms with Gasteiger partial charge in [-0.25, -0.2) is 4.98 Å². The van der Waals surface area contributed by atoms with E-state index < -0.39 is 0 Å². The summed E-state index contributed by atoms with van der Waals surface area (Å²) >= 11 is 1.80. The maximum absolute atomic E-state index is 9.40. The molecule has 0 spiro atoms. The van der Waals surface area contributed by atoms with E-state index in [1.165, 1.54) is 42.7 Å². The van der Waals surface area contributed by atoms with Crippen LogP contribution in [0.4, 0.5) is 5.13 Å². The van der Waals surface area contributed by atoms with Crippen molar-refractivity contribution in [2.24, 2.45) is 0 Å². The Hall–Kier alpha value is -1.59. The van der Waals surface area contributed by atoms with Gasteiger partial charge in [0.2, 0.25) is 0 Å². The van der Waals surface area contributed by atoms with Gasteiger partial charge < -0.3 is 10.0 Å². The molecule has 0 unspecified atom stereocenters. The van der Waals surface area contributed by atoms with Crippen molar-refractivity contribution >= 4 is 16.5 Å². The molecular weight excluding hydrogens is 318 g/mol. The predicted molar refractivity (Wildman–Crippen MR) is 101 cm³/mol. The van der Waals surface area contributed by atoms with Gasteiger partial charge in [0.05, 0.1) is 0 Å². The van der Waals surface area contributed by atoms with E-state index in [4.69, 9.17) is 0 Å². The van der Waals surface area contributed by atoms with Gasteiger partial charge >= 0.3 is 0 Å². The van der Waals surface area contributed by atoms with Gasteiger partial charge in [-0.15, -0.1) is 11.3 Å². The molecular formula is C19H27N3OS. The van der Waals surface area contributed by atoms with Crippen LogP contribution in [0.15, 0.2) is 30.5 Å². The van der Waals surface area contributed by atoms with E-state index in [0.717, 1.165) is 18.1 Å². The maximum atomic E-state index is 9.40. The van der Waals surface area contributed by atoms with Gasteiger partial charge in [0.1, 0.15) is 5.75 Å². The van der Waals surface area contributed by atoms with E-state index in [2.05, 4.69) is 14.8 Å². The Morgan fingerprint density at radius 3 is 2.75 bits per heavy atom. The van der Waals surface area contributed by atoms with Crippen molar-refractivity contribution in [1.82, 2.24) is 9.88 Å². The molecule has 1 atom stereocenters. The lowest BCUT2D eigenvalue weighted by Crippen LogP contribution is -2.39. The summed E-state index contributed by atoms with van der Waals surface area (Å²) in [6.07, 6.45) is 8.22. The van der Waals surface area contributed by atoms with Crippen LogP contribution in [0.2, 0.25) is 0 Å². The fraction of sp³-hybridized carbons (Fsp3) is 0.526. The minimum Gasteiger partial charge on any atom is -0.508 e. The first-order valence-corrected chi connectivity index (χ1v) is 9.57. The van der Waals surface area contributed by atoms with Crippen molar-refractivity contribution in [2.75, 3.05) is 25.5 Å². The molecule has 1 fully saturated rings. The van der Waals surface area contributed by atoms with Crippen LogP contribution in [0.1, 0.15) is 36.1 Å². The summed E-state index contributed by atoms with van der Waals surface area (Å²) in [6, 6.07) is 8.30. The molecule has 2 aromatic rings. The van der Waals surface area contributed by atoms with Gasteiger partial charge in [-0.3, -0.25) is 4.90 Å². The average Bonchev–Trinajstić information content (AvgIpc) is 3.04. The molecule has 1 aliphatic rings. The molecule has 0 radical (unpaired) electrons. The van der Waals surface area contributed by atoms with Gasteiger partial charge in [0, 0.05) is 37.8 Å². The van der Waals surface area contributed by atoms with Crippen LogP contribution < -0.4 is 4.90 Å². The van der Waals surface area contributed by atoms with E-state index in [-0.39, 0.29) is 0 Å². The number of piperidine rings is 1. The third-order valence-corrected chi connectivity index (χ3v) is 5.88. The molecule has 130 valence electrons. The molecule has 1 aromatic heterocycles. The number of likely N-dealkylation sites (tertiary alicyclic amines) is 1. The zero-order valence-electron chi connectivity index (χ0n) is 14.6. The van der Waals surface area contributed by atoms with Gasteiger partial charge in [0.15, 0.2) is 5.13 Å². The summed E-state index contributed by atoms with van der Waals surface area (Å²) in [6.45, 7) is 2.21. The van der Waals surface area contributed by atoms with Crippen molar-refractivity contribution < 1.29 is 5.11 Å². The first-order chi connectivity index (χ1) is 11.6. The molecule has 1 aromatic carbocycles. The minimum absolute atomic E-state index is 0.347. The molecule has 4 nitrogen and oxygen atoms in total. The molecule has 1 saturated heterocycles. The van der Waals surface area contributed by atoms with Crippen LogP contribution in [-0.2, 0) is 13.0 Å². The highest BCUT2D eigenvalue weighted by Crippen LogP contribution is 2.27. The number of rotatable bonds is 6. The SMILES string of the molecule is CN(C)c1ncc(CN2CCCC[C@H]2CCc2ccc(O)cc2)s1. The number of hydrogen-bond acceptors (Lipinski definition) is 5. The molecule has 2 heterocycles. The number of phenolic OH excluding ortho intramolecular Hbond substituents is 1. The van der Waals surface area contributed by atoms with E-state index in [1.54, 1.807) is 23.5 Å². The molecule has 0 bridgehead atoms. The van der Waals surface area contributed by atoms with Crippen molar-refractivity contribution in [1.29, 1.82) is 0 Å². The number of phenols is 1. The van der Waals surface area contributed by atoms with Crippen LogP contribution >= 0.6 is 11.3 Å². The second kappa shape index (κ2) is 7.99. The van der Waals surface area contributed by atoms with Gasteiger partial charge in [0.25, 0.3) is 0 Å². The van der Waals surface area contributed by atoms with E-state index >= 15 is 0 Å². The number of benzene rings is 1. The lowest BCUT2D eigenvalue weighted by atomic mass is 9.96. The van der Waals surface area contributed by atoms with Gasteiger partial charge in [-0.1, -0.05) is 18.6 Å². The molecule has 3 rings (SSSR count). The van der Waals surface area contributed by atoms with Crippen molar-refractivity contribution in [3.05, 3.63) is 40.9 Å². The Balaban J connectivity index is 1.59. The van der Waals surface area contributed by atoms with Crippen molar-refractivity contribution in [2.45, 2.75) is 44.7 Å². The third kappa shape index (κ3) is 4.48. The van der Waals surface area contributed by atoms with Crippen LogP contribution in [-0.4, -0.2) is 41.7 Å². The Morgan fingerprint density at radius 1 is 1.25 bits per heavy atom. The second-order valence-corrected chi connectivity index (χ2v) is 7.92. The van der Waals surface area contributed by atoms with E-state index in [9.17, 15) is 5.11 Å². The standard InChI is InChI=1S/C19H27N3OS/c1-21(2)19-20-13-18(24-19)14-22-12-4-3-5-16(22)9-6-15-7-10-17(23)11-8-15/h7-8,10-11,13,16,23H,3-6,9,12,14H2,1-2H3/t16-/m0/s1. The molecule has 0 aliphatic carbocycles. The number of nitrogens with zero attached hydrogens (tertiary/aromatic N) is 3. The molecule has 0 saturated carbocycles. The van der Waals surface area contributed by atoms with Crippen molar-refractivity contribution in [3.8, 4) is 5.75 Å². The molecule has 1 N–H and O–H groups in total. The van der Waals surface area contributed by atoms with Crippen LogP contribution in [0.25, 0.3) is 0 Å². The Bertz CT molecular complexity index is 638. The smallest absolute Gasteiger partial charge is 0.185 e. The summed E-state index contributed by atoms with van der Waals surface area (Å²) in [5, 5.41) is 10.5. The number of aromatic nitrogens is 1. The number of aromatic hydroxyl groups is 1. The van der Waals surface area contributed by atoms with Crippen molar-refractivity contribution in [3.63, 3.8) is 0 Å². The normalized spacial score (nSPS) is 18.7. The zero-order valence-corrected chi connectivity index (χ0v) is 15.4. The Morgan fingerprint density at radius 2 is 2.04 bits per heavy atom. The minimum atomic E-state index is 0.347. The molecule has 5 heteroatoms. The van der Waals surface area contributed by atoms with Gasteiger partial charge in [-0.2, -0.15) is 0 Å². The van der Waals surface area contributed by atoms with Gasteiger partial charge in [-0.05, 0) is 49.9 Å². The highest BCUT2D eigenvalue weighted by molar-refractivity contribution is 7.15. The summed E-state index contributed by atoms with van der Waals surface area (Å²) in [5.41, 5.74) is 1.31. The number of anilines is 1. The Labute approximate surface area is 148 Å². The fourth-order valence-electron chi connectivity index (χ4n) is 3.37. The quantitative estimate of drug-likeness (QED) is 0.862. The fourth-order valence-corrected chi connectivity index (χ4v) is 4.23. The van der Waals surface area contributed by atoms with E-state index in [1.807, 2.05) is 32.4 Å². The lowest BCUT2D eigenvalue weighted by Gasteiger charge is -2.35. The zero-order chi connectivity index (χ0) is 16.9. The Kier molecular flexibility index (Phi) is 5.74. The molecule has 1 aliphatic heterocycles. The summed E-state index contributed by atoms with van der Waals surface area (Å²) in [5.74, 6) is 0.347. The summed E-state index contributed by atoms with van der Waals surface area (Å²) in [7, 11) is 4.09. The first-order valence-electron chi connectivity index (χ1n) is 8.76. The highest BCUT2D eigenvalue weighted by atomic mass is 32.1. The topological polar surface area (TPSA) is 39.6 Å². The molecule has 24 heavy (non-hydrogen) atoms. The van der Waals surface area contributed by atoms with E-state index in [0.29, 0.717) is 11.8 Å². The highest BCUT2D eigenvalue weighted by Gasteiger charge is 2.23. The summed E-state index contributed by atoms with van der Waals surface area (Å²) in [4.78, 5) is 10.6. The maximum Gasteiger partial charge on any atom is 0.185 e. The van der Waals surface area contributed by atoms with Crippen LogP contribution in [0.3, 0.4) is 0 Å². The van der Waals surface area contributed by atoms with Crippen LogP contribution in [0.5, 0.6) is 5.75 Å². The monoisotopic (exact) mass is 345 g/mol. The average molecular weight is 346 g/mol. The molecule has 0 amide bonds. The largest absolute Gasteiger partial charge is 0.508 e. The first kappa shape index (κ1) is 17.2. The predicted octanol–water partition coefficient (Wildman–Crippen LogP) is 3.90. The number of hydrogen-bond donors (Lipinski definition) is 1. The number of thiazole rings is 1. The summed E-state index contributed by atoms with van der Waals surface area (Å²) < 4.78 is 0. The number of aryl methyl sites for hydroxylation is 1. The van der Waals surface area contributed by atoms with Crippen LogP contribution in [0, 0.1) is 0 Å². The third-order valence-electron chi connectivity index (χ3n) is 4.73. The second-order valence-electron chi connectivity index (χ2n) is 6.83. The lowest BCUT2D eigenvalue weighted by molar-refractivity contribution is 0.133.